The first-order valence-corrected chi connectivity index (χ1v) is 10.2. The molecule has 0 radical (unpaired) electrons. The number of rotatable bonds is 7. The highest BCUT2D eigenvalue weighted by atomic mass is 32.1. The third-order valence-corrected chi connectivity index (χ3v) is 5.47. The Bertz CT molecular complexity index is 1140. The van der Waals surface area contributed by atoms with Crippen molar-refractivity contribution in [3.8, 4) is 0 Å². The zero-order valence-corrected chi connectivity index (χ0v) is 16.4. The van der Waals surface area contributed by atoms with Gasteiger partial charge in [-0.3, -0.25) is 9.59 Å². The van der Waals surface area contributed by atoms with E-state index >= 15 is 0 Å². The van der Waals surface area contributed by atoms with E-state index in [-0.39, 0.29) is 11.5 Å². The van der Waals surface area contributed by atoms with Gasteiger partial charge in [0.25, 0.3) is 5.56 Å². The first-order chi connectivity index (χ1) is 13.6. The van der Waals surface area contributed by atoms with Crippen LogP contribution in [-0.2, 0) is 17.8 Å². The Morgan fingerprint density at radius 1 is 1.11 bits per heavy atom. The number of hydrogen-bond acceptors (Lipinski definition) is 5. The van der Waals surface area contributed by atoms with Gasteiger partial charge in [-0.25, -0.2) is 9.97 Å². The summed E-state index contributed by atoms with van der Waals surface area (Å²) in [5.41, 5.74) is 2.40. The molecule has 0 bridgehead atoms. The quantitative estimate of drug-likeness (QED) is 0.502. The Morgan fingerprint density at radius 2 is 1.93 bits per heavy atom. The molecule has 0 aliphatic carbocycles. The normalized spacial score (nSPS) is 11.3. The zero-order chi connectivity index (χ0) is 19.5. The Morgan fingerprint density at radius 3 is 2.75 bits per heavy atom. The second-order valence-electron chi connectivity index (χ2n) is 6.66. The molecule has 3 heterocycles. The topological polar surface area (TPSA) is 94.7 Å². The van der Waals surface area contributed by atoms with Crippen molar-refractivity contribution in [2.75, 3.05) is 6.54 Å². The molecule has 1 amide bonds. The highest BCUT2D eigenvalue weighted by Gasteiger charge is 2.16. The van der Waals surface area contributed by atoms with Gasteiger partial charge < -0.3 is 14.9 Å². The van der Waals surface area contributed by atoms with Gasteiger partial charge in [0.05, 0.1) is 23.1 Å². The highest BCUT2D eigenvalue weighted by molar-refractivity contribution is 7.17. The number of hydrogen-bond donors (Lipinski definition) is 2. The molecule has 4 rings (SSSR count). The molecule has 1 aromatic carbocycles. The third kappa shape index (κ3) is 3.82. The fourth-order valence-corrected chi connectivity index (χ4v) is 3.97. The third-order valence-electron chi connectivity index (χ3n) is 4.56. The Hall–Kier alpha value is -3.00. The molecule has 0 aliphatic rings. The predicted molar refractivity (Wildman–Crippen MR) is 110 cm³/mol. The second kappa shape index (κ2) is 7.93. The molecule has 28 heavy (non-hydrogen) atoms. The van der Waals surface area contributed by atoms with Gasteiger partial charge >= 0.3 is 0 Å². The average molecular weight is 395 g/mol. The molecule has 4 aromatic rings. The lowest BCUT2D eigenvalue weighted by molar-refractivity contribution is -0.132. The van der Waals surface area contributed by atoms with Crippen molar-refractivity contribution in [2.24, 2.45) is 0 Å². The number of aromatic nitrogens is 4. The van der Waals surface area contributed by atoms with E-state index < -0.39 is 0 Å². The van der Waals surface area contributed by atoms with Gasteiger partial charge in [0.1, 0.15) is 16.3 Å². The maximum absolute atomic E-state index is 12.8. The fraction of sp³-hybridized carbons (Fsp3) is 0.300. The number of imidazole rings is 1. The number of amides is 1. The SMILES string of the molecule is CCCN(Cc1nc2ccsc2c(=O)[nH]1)C(=O)CCc1nc2ccccc2[nH]1. The molecule has 0 spiro atoms. The molecule has 144 valence electrons. The first kappa shape index (κ1) is 18.4. The van der Waals surface area contributed by atoms with Crippen molar-refractivity contribution < 1.29 is 4.79 Å². The number of aromatic amines is 2. The molecule has 2 N–H and O–H groups in total. The monoisotopic (exact) mass is 395 g/mol. The van der Waals surface area contributed by atoms with Crippen LogP contribution in [0.5, 0.6) is 0 Å². The Kier molecular flexibility index (Phi) is 5.21. The summed E-state index contributed by atoms with van der Waals surface area (Å²) in [7, 11) is 0. The van der Waals surface area contributed by atoms with E-state index in [0.717, 1.165) is 23.3 Å². The molecule has 8 heteroatoms. The van der Waals surface area contributed by atoms with Crippen LogP contribution < -0.4 is 5.56 Å². The van der Waals surface area contributed by atoms with Gasteiger partial charge in [-0.05, 0) is 30.0 Å². The minimum absolute atomic E-state index is 0.0235. The Balaban J connectivity index is 1.46. The summed E-state index contributed by atoms with van der Waals surface area (Å²) in [5.74, 6) is 1.34. The number of benzene rings is 1. The number of carbonyl (C=O) groups is 1. The van der Waals surface area contributed by atoms with E-state index in [4.69, 9.17) is 0 Å². The van der Waals surface area contributed by atoms with Gasteiger partial charge in [-0.15, -0.1) is 11.3 Å². The lowest BCUT2D eigenvalue weighted by atomic mass is 10.2. The molecular weight excluding hydrogens is 374 g/mol. The lowest BCUT2D eigenvalue weighted by Gasteiger charge is -2.21. The molecule has 0 atom stereocenters. The van der Waals surface area contributed by atoms with Crippen LogP contribution in [-0.4, -0.2) is 37.3 Å². The van der Waals surface area contributed by atoms with Crippen LogP contribution in [0.1, 0.15) is 31.4 Å². The van der Waals surface area contributed by atoms with E-state index in [1.807, 2.05) is 42.6 Å². The second-order valence-corrected chi connectivity index (χ2v) is 7.58. The summed E-state index contributed by atoms with van der Waals surface area (Å²) in [4.78, 5) is 41.8. The smallest absolute Gasteiger partial charge is 0.268 e. The predicted octanol–water partition coefficient (Wildman–Crippen LogP) is 3.23. The van der Waals surface area contributed by atoms with Gasteiger partial charge in [-0.2, -0.15) is 0 Å². The fourth-order valence-electron chi connectivity index (χ4n) is 3.25. The van der Waals surface area contributed by atoms with E-state index in [1.54, 1.807) is 4.90 Å². The maximum Gasteiger partial charge on any atom is 0.268 e. The summed E-state index contributed by atoms with van der Waals surface area (Å²) in [5, 5.41) is 1.85. The summed E-state index contributed by atoms with van der Waals surface area (Å²) in [6, 6.07) is 9.64. The standard InChI is InChI=1S/C20H21N5O2S/c1-2-10-25(12-17-23-15-9-11-28-19(15)20(27)24-17)18(26)8-7-16-21-13-5-3-4-6-14(13)22-16/h3-6,9,11H,2,7-8,10,12H2,1H3,(H,21,22)(H,23,24,27). The molecule has 0 saturated heterocycles. The van der Waals surface area contributed by atoms with Crippen molar-refractivity contribution >= 4 is 38.5 Å². The molecule has 0 aliphatic heterocycles. The van der Waals surface area contributed by atoms with Crippen molar-refractivity contribution in [1.29, 1.82) is 0 Å². The van der Waals surface area contributed by atoms with Gasteiger partial charge in [-0.1, -0.05) is 19.1 Å². The van der Waals surface area contributed by atoms with Crippen molar-refractivity contribution in [3.63, 3.8) is 0 Å². The van der Waals surface area contributed by atoms with Crippen LogP contribution in [0.2, 0.25) is 0 Å². The number of nitrogens with one attached hydrogen (secondary N) is 2. The largest absolute Gasteiger partial charge is 0.342 e. The van der Waals surface area contributed by atoms with E-state index in [0.29, 0.717) is 42.0 Å². The molecule has 0 saturated carbocycles. The number of H-pyrrole nitrogens is 2. The van der Waals surface area contributed by atoms with Crippen LogP contribution in [0.25, 0.3) is 21.3 Å². The van der Waals surface area contributed by atoms with Crippen LogP contribution in [0.4, 0.5) is 0 Å². The number of aryl methyl sites for hydroxylation is 1. The highest BCUT2D eigenvalue weighted by Crippen LogP contribution is 2.15. The first-order valence-electron chi connectivity index (χ1n) is 9.32. The van der Waals surface area contributed by atoms with E-state index in [2.05, 4.69) is 19.9 Å². The zero-order valence-electron chi connectivity index (χ0n) is 15.6. The van der Waals surface area contributed by atoms with Crippen LogP contribution in [0.15, 0.2) is 40.5 Å². The molecular formula is C20H21N5O2S. The maximum atomic E-state index is 12.8. The van der Waals surface area contributed by atoms with Crippen LogP contribution >= 0.6 is 11.3 Å². The summed E-state index contributed by atoms with van der Waals surface area (Å²) in [6.45, 7) is 2.94. The Labute approximate surface area is 165 Å². The summed E-state index contributed by atoms with van der Waals surface area (Å²) >= 11 is 1.37. The summed E-state index contributed by atoms with van der Waals surface area (Å²) < 4.78 is 0.613. The van der Waals surface area contributed by atoms with E-state index in [9.17, 15) is 9.59 Å². The number of nitrogens with zero attached hydrogens (tertiary/aromatic N) is 3. The molecule has 7 nitrogen and oxygen atoms in total. The number of para-hydroxylation sites is 2. The van der Waals surface area contributed by atoms with Crippen molar-refractivity contribution in [3.05, 3.63) is 57.7 Å². The van der Waals surface area contributed by atoms with Gasteiger partial charge in [0.15, 0.2) is 0 Å². The summed E-state index contributed by atoms with van der Waals surface area (Å²) in [6.07, 6.45) is 1.73. The van der Waals surface area contributed by atoms with Crippen molar-refractivity contribution in [2.45, 2.75) is 32.7 Å². The number of carbonyl (C=O) groups excluding carboxylic acids is 1. The molecule has 0 unspecified atom stereocenters. The minimum atomic E-state index is -0.152. The number of thiophene rings is 1. The lowest BCUT2D eigenvalue weighted by Crippen LogP contribution is -2.33. The van der Waals surface area contributed by atoms with Crippen LogP contribution in [0.3, 0.4) is 0 Å². The van der Waals surface area contributed by atoms with Crippen LogP contribution in [0, 0.1) is 0 Å². The van der Waals surface area contributed by atoms with Gasteiger partial charge in [0, 0.05) is 19.4 Å². The number of fused-ring (bicyclic) bond motifs is 2. The average Bonchev–Trinajstić information content (AvgIpc) is 3.32. The minimum Gasteiger partial charge on any atom is -0.342 e. The molecule has 0 fully saturated rings. The molecule has 3 aromatic heterocycles. The van der Waals surface area contributed by atoms with Gasteiger partial charge in [0.2, 0.25) is 5.91 Å². The van der Waals surface area contributed by atoms with Crippen molar-refractivity contribution in [1.82, 2.24) is 24.8 Å². The van der Waals surface area contributed by atoms with E-state index in [1.165, 1.54) is 11.3 Å².